The Kier molecular flexibility index (Phi) is 2.28. The van der Waals surface area contributed by atoms with Crippen molar-refractivity contribution in [3.63, 3.8) is 0 Å². The van der Waals surface area contributed by atoms with E-state index in [2.05, 4.69) is 0 Å². The first-order chi connectivity index (χ1) is 5.00. The van der Waals surface area contributed by atoms with Crippen molar-refractivity contribution < 1.29 is 9.79 Å². The van der Waals surface area contributed by atoms with Crippen LogP contribution in [-0.2, 0) is 3.02 Å². The Bertz CT molecular complexity index is 289. The SMILES string of the molecule is Nc1cc[c]([Sb](=[O])([O-])[OH])cc1. The van der Waals surface area contributed by atoms with Gasteiger partial charge >= 0.3 is 68.6 Å². The predicted octanol–water partition coefficient (Wildman–Crippen LogP) is -1.80. The zero-order valence-corrected chi connectivity index (χ0v) is 8.15. The first-order valence-corrected chi connectivity index (χ1v) is 7.40. The Hall–Kier alpha value is -0.442. The van der Waals surface area contributed by atoms with E-state index in [0.29, 0.717) is 5.69 Å². The molecule has 0 amide bonds. The topological polar surface area (TPSA) is 86.4 Å². The molecule has 0 saturated heterocycles. The zero-order chi connectivity index (χ0) is 8.48. The molecule has 11 heavy (non-hydrogen) atoms. The fraction of sp³-hybridized carbons (Fsp3) is 0. The van der Waals surface area contributed by atoms with Crippen LogP contribution in [0.3, 0.4) is 0 Å². The summed E-state index contributed by atoms with van der Waals surface area (Å²) in [6.07, 6.45) is 0. The van der Waals surface area contributed by atoms with E-state index in [1.165, 1.54) is 24.3 Å². The van der Waals surface area contributed by atoms with Crippen LogP contribution < -0.4 is 12.6 Å². The van der Waals surface area contributed by atoms with E-state index >= 15 is 0 Å². The Morgan fingerprint density at radius 2 is 1.82 bits per heavy atom. The van der Waals surface area contributed by atoms with E-state index in [1.54, 1.807) is 0 Å². The Balaban J connectivity index is 3.09. The molecule has 0 radical (unpaired) electrons. The van der Waals surface area contributed by atoms with Gasteiger partial charge in [-0.2, -0.15) is 0 Å². The van der Waals surface area contributed by atoms with Gasteiger partial charge in [0.2, 0.25) is 0 Å². The van der Waals surface area contributed by atoms with Gasteiger partial charge in [-0.3, -0.25) is 0 Å². The van der Waals surface area contributed by atoms with Gasteiger partial charge in [0.05, 0.1) is 0 Å². The number of nitrogens with two attached hydrogens (primary N) is 1. The quantitative estimate of drug-likeness (QED) is 0.462. The van der Waals surface area contributed by atoms with E-state index < -0.39 is 19.6 Å². The molecular weight excluding hydrogens is 256 g/mol. The standard InChI is InChI=1S/C6H6N.H2O.2O.Sb/c7-6-4-2-1-3-5-6;;;;/h2-5H,7H2;1H2;;;/q;;;-1;+1/p-1. The maximum absolute atomic E-state index is 10.6. The molecule has 0 spiro atoms. The third kappa shape index (κ3) is 2.26. The van der Waals surface area contributed by atoms with Crippen molar-refractivity contribution in [2.45, 2.75) is 0 Å². The van der Waals surface area contributed by atoms with E-state index in [9.17, 15) is 6.40 Å². The number of hydrogen-bond acceptors (Lipinski definition) is 3. The van der Waals surface area contributed by atoms with Crippen LogP contribution in [-0.4, -0.2) is 23.0 Å². The van der Waals surface area contributed by atoms with Crippen molar-refractivity contribution in [3.8, 4) is 0 Å². The average Bonchev–Trinajstić information content (AvgIpc) is 1.86. The molecule has 1 aromatic rings. The first kappa shape index (κ1) is 8.65. The molecule has 1 aromatic carbocycles. The summed E-state index contributed by atoms with van der Waals surface area (Å²) in [6, 6.07) is 5.46. The fourth-order valence-electron chi connectivity index (χ4n) is 0.663. The summed E-state index contributed by atoms with van der Waals surface area (Å²) in [7, 11) is 0. The van der Waals surface area contributed by atoms with Crippen LogP contribution in [0.25, 0.3) is 0 Å². The van der Waals surface area contributed by atoms with E-state index in [0.717, 1.165) is 0 Å². The van der Waals surface area contributed by atoms with Crippen molar-refractivity contribution in [3.05, 3.63) is 24.3 Å². The molecule has 1 rings (SSSR count). The second kappa shape index (κ2) is 2.89. The average molecular weight is 263 g/mol. The molecule has 0 fully saturated rings. The summed E-state index contributed by atoms with van der Waals surface area (Å²) in [6.45, 7) is 0. The number of anilines is 1. The molecule has 0 aromatic heterocycles. The van der Waals surface area contributed by atoms with Gasteiger partial charge in [-0.1, -0.05) is 0 Å². The second-order valence-corrected chi connectivity index (χ2v) is 6.56. The molecule has 5 heteroatoms. The number of nitrogen functional groups attached to an aromatic ring is 1. The molecule has 1 unspecified atom stereocenters. The van der Waals surface area contributed by atoms with Gasteiger partial charge in [0.1, 0.15) is 0 Å². The van der Waals surface area contributed by atoms with Crippen LogP contribution in [0.5, 0.6) is 0 Å². The molecule has 0 aliphatic rings. The molecule has 0 bridgehead atoms. The van der Waals surface area contributed by atoms with Gasteiger partial charge in [-0.15, -0.1) is 0 Å². The van der Waals surface area contributed by atoms with Crippen LogP contribution in [0.15, 0.2) is 24.3 Å². The van der Waals surface area contributed by atoms with Crippen LogP contribution >= 0.6 is 0 Å². The molecule has 0 heterocycles. The number of benzene rings is 1. The minimum absolute atomic E-state index is 0.0299. The molecule has 0 aliphatic heterocycles. The Morgan fingerprint density at radius 1 is 1.36 bits per heavy atom. The number of hydrogen-bond donors (Lipinski definition) is 2. The predicted molar refractivity (Wildman–Crippen MR) is 39.1 cm³/mol. The van der Waals surface area contributed by atoms with Crippen LogP contribution in [0.4, 0.5) is 5.69 Å². The molecule has 60 valence electrons. The van der Waals surface area contributed by atoms with Gasteiger partial charge in [-0.05, 0) is 0 Å². The summed E-state index contributed by atoms with van der Waals surface area (Å²) >= 11 is -5.20. The van der Waals surface area contributed by atoms with Crippen LogP contribution in [0.1, 0.15) is 0 Å². The monoisotopic (exact) mass is 262 g/mol. The van der Waals surface area contributed by atoms with Gasteiger partial charge in [0.25, 0.3) is 0 Å². The molecule has 0 aliphatic carbocycles. The molecular formula is C6H7NO3Sb-. The zero-order valence-electron chi connectivity index (χ0n) is 5.60. The van der Waals surface area contributed by atoms with Crippen molar-refractivity contribution in [2.24, 2.45) is 0 Å². The van der Waals surface area contributed by atoms with Gasteiger partial charge in [0.15, 0.2) is 0 Å². The number of rotatable bonds is 1. The van der Waals surface area contributed by atoms with E-state index in [-0.39, 0.29) is 3.51 Å². The van der Waals surface area contributed by atoms with Crippen molar-refractivity contribution in [1.82, 2.24) is 0 Å². The summed E-state index contributed by atoms with van der Waals surface area (Å²) in [5, 5.41) is 0. The molecule has 1 atom stereocenters. The molecule has 4 nitrogen and oxygen atoms in total. The summed E-state index contributed by atoms with van der Waals surface area (Å²) in [4.78, 5) is 0. The van der Waals surface area contributed by atoms with Crippen LogP contribution in [0, 0.1) is 0 Å². The maximum atomic E-state index is 10.6. The third-order valence-electron chi connectivity index (χ3n) is 1.22. The Morgan fingerprint density at radius 3 is 2.18 bits per heavy atom. The summed E-state index contributed by atoms with van der Waals surface area (Å²) < 4.78 is 29.7. The molecule has 0 saturated carbocycles. The van der Waals surface area contributed by atoms with E-state index in [1.807, 2.05) is 0 Å². The Labute approximate surface area is 68.8 Å². The first-order valence-electron chi connectivity index (χ1n) is 2.90. The van der Waals surface area contributed by atoms with Crippen molar-refractivity contribution >= 4 is 28.8 Å². The fourth-order valence-corrected chi connectivity index (χ4v) is 2.16. The van der Waals surface area contributed by atoms with Gasteiger partial charge < -0.3 is 0 Å². The summed E-state index contributed by atoms with van der Waals surface area (Å²) in [5.41, 5.74) is 5.78. The minimum atomic E-state index is -5.20. The third-order valence-corrected chi connectivity index (χ3v) is 3.93. The normalized spacial score (nSPS) is 15.8. The summed E-state index contributed by atoms with van der Waals surface area (Å²) in [5.74, 6) is 0. The van der Waals surface area contributed by atoms with E-state index in [4.69, 9.17) is 9.12 Å². The van der Waals surface area contributed by atoms with Crippen LogP contribution in [0.2, 0.25) is 0 Å². The van der Waals surface area contributed by atoms with Crippen molar-refractivity contribution in [1.29, 1.82) is 0 Å². The second-order valence-electron chi connectivity index (χ2n) is 2.11. The van der Waals surface area contributed by atoms with Gasteiger partial charge in [0, 0.05) is 0 Å². The van der Waals surface area contributed by atoms with Gasteiger partial charge in [-0.25, -0.2) is 0 Å². The molecule has 3 N–H and O–H groups in total. The van der Waals surface area contributed by atoms with Crippen molar-refractivity contribution in [2.75, 3.05) is 5.73 Å².